The summed E-state index contributed by atoms with van der Waals surface area (Å²) in [5.74, 6) is -1.39. The second-order valence-electron chi connectivity index (χ2n) is 8.64. The highest BCUT2D eigenvalue weighted by Gasteiger charge is 2.44. The van der Waals surface area contributed by atoms with Gasteiger partial charge in [0.1, 0.15) is 6.04 Å². The summed E-state index contributed by atoms with van der Waals surface area (Å²) in [6, 6.07) is 13.7. The van der Waals surface area contributed by atoms with Crippen molar-refractivity contribution in [3.63, 3.8) is 0 Å². The molecule has 0 radical (unpaired) electrons. The van der Waals surface area contributed by atoms with Crippen molar-refractivity contribution in [1.29, 1.82) is 0 Å². The van der Waals surface area contributed by atoms with E-state index in [2.05, 4.69) is 10.2 Å². The molecule has 1 fully saturated rings. The normalized spacial score (nSPS) is 18.0. The highest BCUT2D eigenvalue weighted by molar-refractivity contribution is 6.22. The quantitative estimate of drug-likeness (QED) is 0.706. The molecule has 2 aromatic carbocycles. The number of nitrogens with zero attached hydrogens (tertiary/aromatic N) is 2. The van der Waals surface area contributed by atoms with E-state index < -0.39 is 17.9 Å². The molecule has 32 heavy (non-hydrogen) atoms. The lowest BCUT2D eigenvalue weighted by Crippen LogP contribution is -2.52. The maximum Gasteiger partial charge on any atom is 0.262 e. The predicted molar refractivity (Wildman–Crippen MR) is 122 cm³/mol. The van der Waals surface area contributed by atoms with Crippen LogP contribution < -0.4 is 10.2 Å². The van der Waals surface area contributed by atoms with Gasteiger partial charge in [-0.1, -0.05) is 38.1 Å². The number of morpholine rings is 1. The fourth-order valence-electron chi connectivity index (χ4n) is 4.36. The van der Waals surface area contributed by atoms with Gasteiger partial charge in [0, 0.05) is 18.8 Å². The zero-order valence-corrected chi connectivity index (χ0v) is 18.7. The first-order valence-corrected chi connectivity index (χ1v) is 11.1. The number of hydrogen-bond acceptors (Lipinski definition) is 5. The van der Waals surface area contributed by atoms with Crippen LogP contribution >= 0.6 is 0 Å². The number of benzene rings is 2. The lowest BCUT2D eigenvalue weighted by atomic mass is 10.00. The summed E-state index contributed by atoms with van der Waals surface area (Å²) in [7, 11) is 0. The van der Waals surface area contributed by atoms with Gasteiger partial charge in [-0.05, 0) is 42.7 Å². The summed E-state index contributed by atoms with van der Waals surface area (Å²) in [5, 5.41) is 3.00. The summed E-state index contributed by atoms with van der Waals surface area (Å²) in [6.07, 6.45) is 0. The average Bonchev–Trinajstić information content (AvgIpc) is 3.05. The van der Waals surface area contributed by atoms with E-state index in [4.69, 9.17) is 4.74 Å². The zero-order valence-electron chi connectivity index (χ0n) is 18.7. The first-order valence-electron chi connectivity index (χ1n) is 11.1. The van der Waals surface area contributed by atoms with E-state index in [-0.39, 0.29) is 17.9 Å². The van der Waals surface area contributed by atoms with Crippen LogP contribution in [0.2, 0.25) is 0 Å². The molecule has 7 nitrogen and oxygen atoms in total. The number of amides is 3. The van der Waals surface area contributed by atoms with E-state index in [0.717, 1.165) is 42.5 Å². The summed E-state index contributed by atoms with van der Waals surface area (Å²) >= 11 is 0. The number of carbonyl (C=O) groups is 3. The van der Waals surface area contributed by atoms with Crippen molar-refractivity contribution in [2.24, 2.45) is 5.92 Å². The molecule has 1 saturated heterocycles. The van der Waals surface area contributed by atoms with Gasteiger partial charge in [0.2, 0.25) is 5.91 Å². The molecule has 2 aromatic rings. The first-order chi connectivity index (χ1) is 15.4. The fraction of sp³-hybridized carbons (Fsp3) is 0.400. The number of carbonyl (C=O) groups excluding carboxylic acids is 3. The molecule has 168 valence electrons. The summed E-state index contributed by atoms with van der Waals surface area (Å²) in [4.78, 5) is 42.4. The second kappa shape index (κ2) is 9.12. The summed E-state index contributed by atoms with van der Waals surface area (Å²) < 4.78 is 5.41. The van der Waals surface area contributed by atoms with Crippen LogP contribution in [0.5, 0.6) is 0 Å². The average molecular weight is 436 g/mol. The Bertz CT molecular complexity index is 977. The predicted octanol–water partition coefficient (Wildman–Crippen LogP) is 3.02. The third kappa shape index (κ3) is 4.12. The molecule has 2 aliphatic heterocycles. The molecule has 0 spiro atoms. The Hall–Kier alpha value is -3.19. The molecule has 3 amide bonds. The molecule has 7 heteroatoms. The molecule has 2 heterocycles. The van der Waals surface area contributed by atoms with Crippen molar-refractivity contribution in [3.8, 4) is 0 Å². The van der Waals surface area contributed by atoms with Crippen molar-refractivity contribution in [3.05, 3.63) is 65.2 Å². The number of fused-ring (bicyclic) bond motifs is 1. The van der Waals surface area contributed by atoms with E-state index in [1.807, 2.05) is 45.0 Å². The van der Waals surface area contributed by atoms with Crippen LogP contribution in [0, 0.1) is 5.92 Å². The number of rotatable bonds is 6. The second-order valence-corrected chi connectivity index (χ2v) is 8.64. The molecule has 4 rings (SSSR count). The van der Waals surface area contributed by atoms with Gasteiger partial charge in [0.15, 0.2) is 0 Å². The zero-order chi connectivity index (χ0) is 22.8. The molecule has 2 unspecified atom stereocenters. The first kappa shape index (κ1) is 22.0. The Labute approximate surface area is 188 Å². The van der Waals surface area contributed by atoms with Gasteiger partial charge >= 0.3 is 0 Å². The van der Waals surface area contributed by atoms with Crippen molar-refractivity contribution in [1.82, 2.24) is 10.2 Å². The Kier molecular flexibility index (Phi) is 6.28. The van der Waals surface area contributed by atoms with E-state index in [0.29, 0.717) is 11.1 Å². The van der Waals surface area contributed by atoms with Gasteiger partial charge in [-0.2, -0.15) is 0 Å². The maximum atomic E-state index is 13.2. The van der Waals surface area contributed by atoms with Gasteiger partial charge in [-0.25, -0.2) is 0 Å². The van der Waals surface area contributed by atoms with Crippen molar-refractivity contribution in [2.45, 2.75) is 32.9 Å². The van der Waals surface area contributed by atoms with Gasteiger partial charge in [0.25, 0.3) is 11.8 Å². The minimum absolute atomic E-state index is 0.229. The van der Waals surface area contributed by atoms with Crippen molar-refractivity contribution < 1.29 is 19.1 Å². The standard InChI is InChI=1S/C25H29N3O4/c1-16(2)22(28-24(30)20-6-4-5-7-21(20)25(28)31)23(29)26-17(3)18-8-10-19(11-9-18)27-12-14-32-15-13-27/h4-11,16-17,22H,12-15H2,1-3H3,(H,26,29). The van der Waals surface area contributed by atoms with Crippen molar-refractivity contribution >= 4 is 23.4 Å². The van der Waals surface area contributed by atoms with Gasteiger partial charge < -0.3 is 15.0 Å². The van der Waals surface area contributed by atoms with Crippen molar-refractivity contribution in [2.75, 3.05) is 31.2 Å². The maximum absolute atomic E-state index is 13.2. The third-order valence-electron chi connectivity index (χ3n) is 6.13. The lowest BCUT2D eigenvalue weighted by molar-refractivity contribution is -0.127. The number of ether oxygens (including phenoxy) is 1. The Morgan fingerprint density at radius 3 is 2.00 bits per heavy atom. The molecule has 0 aliphatic carbocycles. The Morgan fingerprint density at radius 1 is 0.906 bits per heavy atom. The lowest BCUT2D eigenvalue weighted by Gasteiger charge is -2.30. The summed E-state index contributed by atoms with van der Waals surface area (Å²) in [6.45, 7) is 8.77. The Balaban J connectivity index is 1.48. The summed E-state index contributed by atoms with van der Waals surface area (Å²) in [5.41, 5.74) is 2.78. The minimum atomic E-state index is -0.877. The smallest absolute Gasteiger partial charge is 0.262 e. The van der Waals surface area contributed by atoms with E-state index in [1.165, 1.54) is 0 Å². The van der Waals surface area contributed by atoms with Crippen LogP contribution in [0.3, 0.4) is 0 Å². The van der Waals surface area contributed by atoms with Crippen LogP contribution in [0.15, 0.2) is 48.5 Å². The largest absolute Gasteiger partial charge is 0.378 e. The molecule has 2 atom stereocenters. The molecular weight excluding hydrogens is 406 g/mol. The van der Waals surface area contributed by atoms with E-state index in [9.17, 15) is 14.4 Å². The van der Waals surface area contributed by atoms with Crippen LogP contribution in [-0.4, -0.2) is 55.0 Å². The van der Waals surface area contributed by atoms with Crippen LogP contribution in [0.25, 0.3) is 0 Å². The molecule has 0 bridgehead atoms. The fourth-order valence-corrected chi connectivity index (χ4v) is 4.36. The molecule has 0 aromatic heterocycles. The van der Waals surface area contributed by atoms with E-state index in [1.54, 1.807) is 24.3 Å². The third-order valence-corrected chi connectivity index (χ3v) is 6.13. The minimum Gasteiger partial charge on any atom is -0.378 e. The highest BCUT2D eigenvalue weighted by atomic mass is 16.5. The SMILES string of the molecule is CC(NC(=O)C(C(C)C)N1C(=O)c2ccccc2C1=O)c1ccc(N2CCOCC2)cc1. The number of nitrogens with one attached hydrogen (secondary N) is 1. The topological polar surface area (TPSA) is 79.0 Å². The van der Waals surface area contributed by atoms with Gasteiger partial charge in [-0.3, -0.25) is 19.3 Å². The van der Waals surface area contributed by atoms with Crippen LogP contribution in [0.1, 0.15) is 53.1 Å². The van der Waals surface area contributed by atoms with Crippen LogP contribution in [-0.2, 0) is 9.53 Å². The molecular formula is C25H29N3O4. The number of hydrogen-bond donors (Lipinski definition) is 1. The monoisotopic (exact) mass is 435 g/mol. The van der Waals surface area contributed by atoms with Crippen LogP contribution in [0.4, 0.5) is 5.69 Å². The Morgan fingerprint density at radius 2 is 1.47 bits per heavy atom. The van der Waals surface area contributed by atoms with E-state index >= 15 is 0 Å². The molecule has 1 N–H and O–H groups in total. The van der Waals surface area contributed by atoms with Gasteiger partial charge in [-0.15, -0.1) is 0 Å². The van der Waals surface area contributed by atoms with Gasteiger partial charge in [0.05, 0.1) is 30.4 Å². The highest BCUT2D eigenvalue weighted by Crippen LogP contribution is 2.28. The molecule has 2 aliphatic rings. The number of imide groups is 1. The molecule has 0 saturated carbocycles. The number of anilines is 1.